The zero-order valence-electron chi connectivity index (χ0n) is 24.7. The molecule has 1 aliphatic heterocycles. The number of anilines is 1. The maximum Gasteiger partial charge on any atom is 0.251 e. The van der Waals surface area contributed by atoms with Gasteiger partial charge >= 0.3 is 0 Å². The van der Waals surface area contributed by atoms with Crippen LogP contribution in [0.1, 0.15) is 53.7 Å². The topological polar surface area (TPSA) is 105 Å². The summed E-state index contributed by atoms with van der Waals surface area (Å²) in [6, 6.07) is 32.6. The number of carbonyl (C=O) groups is 3. The maximum atomic E-state index is 13.8. The number of carbonyl (C=O) groups excluding carboxylic acids is 3. The lowest BCUT2D eigenvalue weighted by Gasteiger charge is -2.27. The summed E-state index contributed by atoms with van der Waals surface area (Å²) in [5.41, 5.74) is 12.0. The third-order valence-corrected chi connectivity index (χ3v) is 7.60. The van der Waals surface area contributed by atoms with Crippen LogP contribution in [-0.4, -0.2) is 29.3 Å². The molecule has 220 valence electrons. The molecule has 4 aromatic carbocycles. The number of nitrogens with two attached hydrogens (primary N) is 1. The Morgan fingerprint density at radius 1 is 0.884 bits per heavy atom. The molecule has 1 heterocycles. The van der Waals surface area contributed by atoms with Crippen molar-refractivity contribution in [3.63, 3.8) is 0 Å². The smallest absolute Gasteiger partial charge is 0.251 e. The highest BCUT2D eigenvalue weighted by atomic mass is 16.2. The highest BCUT2D eigenvalue weighted by Crippen LogP contribution is 2.30. The molecule has 4 N–H and O–H groups in total. The first-order chi connectivity index (χ1) is 20.7. The Morgan fingerprint density at radius 2 is 1.56 bits per heavy atom. The summed E-state index contributed by atoms with van der Waals surface area (Å²) in [5.74, 6) is -0.467. The summed E-state index contributed by atoms with van der Waals surface area (Å²) >= 11 is 0. The fourth-order valence-corrected chi connectivity index (χ4v) is 5.47. The van der Waals surface area contributed by atoms with Gasteiger partial charge in [0, 0.05) is 29.8 Å². The Balaban J connectivity index is 1.33. The van der Waals surface area contributed by atoms with Crippen LogP contribution in [0.5, 0.6) is 0 Å². The lowest BCUT2D eigenvalue weighted by molar-refractivity contribution is -0.128. The van der Waals surface area contributed by atoms with E-state index in [2.05, 4.69) is 10.6 Å². The van der Waals surface area contributed by atoms with Gasteiger partial charge in [0.1, 0.15) is 6.04 Å². The van der Waals surface area contributed by atoms with Gasteiger partial charge in [-0.2, -0.15) is 0 Å². The molecule has 1 aliphatic rings. The summed E-state index contributed by atoms with van der Waals surface area (Å²) in [4.78, 5) is 40.9. The van der Waals surface area contributed by atoms with E-state index in [0.29, 0.717) is 31.5 Å². The largest absolute Gasteiger partial charge is 0.348 e. The Labute approximate surface area is 253 Å². The van der Waals surface area contributed by atoms with Gasteiger partial charge in [-0.25, -0.2) is 0 Å². The average molecular weight is 575 g/mol. The number of amides is 3. The van der Waals surface area contributed by atoms with Crippen LogP contribution in [0.25, 0.3) is 11.1 Å². The number of hydrogen-bond donors (Lipinski definition) is 3. The van der Waals surface area contributed by atoms with Crippen molar-refractivity contribution in [3.05, 3.63) is 125 Å². The first-order valence-electron chi connectivity index (χ1n) is 14.7. The summed E-state index contributed by atoms with van der Waals surface area (Å²) in [6.07, 6.45) is 1.36. The van der Waals surface area contributed by atoms with Crippen molar-refractivity contribution in [2.45, 2.75) is 57.8 Å². The number of nitrogens with zero attached hydrogens (tertiary/aromatic N) is 1. The summed E-state index contributed by atoms with van der Waals surface area (Å²) in [6.45, 7) is 4.37. The van der Waals surface area contributed by atoms with Gasteiger partial charge in [0.25, 0.3) is 5.91 Å². The van der Waals surface area contributed by atoms with Crippen molar-refractivity contribution in [1.29, 1.82) is 0 Å². The molecule has 0 radical (unpaired) electrons. The van der Waals surface area contributed by atoms with Gasteiger partial charge in [0.05, 0.1) is 6.54 Å². The standard InChI is InChI=1S/C36H38N4O3/c1-36(2,37)22-33(41)39-31-21-20-27-10-7-9-15-32(27)40(35(31)43)24-25-16-18-26(19-17-25)30-14-8-6-13-29(30)23-38-34(42)28-11-4-3-5-12-28/h3-19,31H,20-24,37H2,1-2H3,(H,38,42)(H,39,41)/t31-/m1/s1. The molecule has 0 bridgehead atoms. The quantitative estimate of drug-likeness (QED) is 0.250. The van der Waals surface area contributed by atoms with Crippen molar-refractivity contribution in [3.8, 4) is 11.1 Å². The molecule has 0 aliphatic carbocycles. The molecule has 0 unspecified atom stereocenters. The van der Waals surface area contributed by atoms with Gasteiger partial charge in [0.2, 0.25) is 11.8 Å². The van der Waals surface area contributed by atoms with Crippen molar-refractivity contribution >= 4 is 23.4 Å². The number of nitrogens with one attached hydrogen (secondary N) is 2. The zero-order valence-corrected chi connectivity index (χ0v) is 24.7. The Bertz CT molecular complexity index is 1590. The van der Waals surface area contributed by atoms with Crippen molar-refractivity contribution in [2.75, 3.05) is 4.90 Å². The predicted octanol–water partition coefficient (Wildman–Crippen LogP) is 5.38. The van der Waals surface area contributed by atoms with E-state index in [-0.39, 0.29) is 24.1 Å². The van der Waals surface area contributed by atoms with E-state index in [0.717, 1.165) is 33.5 Å². The van der Waals surface area contributed by atoms with Crippen LogP contribution in [0.4, 0.5) is 5.69 Å². The van der Waals surface area contributed by atoms with Crippen LogP contribution >= 0.6 is 0 Å². The summed E-state index contributed by atoms with van der Waals surface area (Å²) in [5, 5.41) is 5.96. The predicted molar refractivity (Wildman–Crippen MR) is 170 cm³/mol. The molecule has 0 saturated carbocycles. The van der Waals surface area contributed by atoms with Crippen LogP contribution in [0.15, 0.2) is 103 Å². The highest BCUT2D eigenvalue weighted by Gasteiger charge is 2.32. The second-order valence-electron chi connectivity index (χ2n) is 11.8. The van der Waals surface area contributed by atoms with Crippen LogP contribution in [0, 0.1) is 0 Å². The molecule has 0 saturated heterocycles. The average Bonchev–Trinajstić information content (AvgIpc) is 3.12. The van der Waals surface area contributed by atoms with Gasteiger partial charge in [-0.3, -0.25) is 14.4 Å². The van der Waals surface area contributed by atoms with E-state index in [4.69, 9.17) is 5.73 Å². The van der Waals surface area contributed by atoms with Gasteiger partial charge in [-0.15, -0.1) is 0 Å². The molecule has 43 heavy (non-hydrogen) atoms. The lowest BCUT2D eigenvalue weighted by atomic mass is 9.98. The van der Waals surface area contributed by atoms with Crippen molar-refractivity contribution in [1.82, 2.24) is 10.6 Å². The second kappa shape index (κ2) is 13.0. The number of para-hydroxylation sites is 1. The lowest BCUT2D eigenvalue weighted by Crippen LogP contribution is -2.49. The van der Waals surface area contributed by atoms with E-state index < -0.39 is 11.6 Å². The zero-order chi connectivity index (χ0) is 30.4. The third kappa shape index (κ3) is 7.56. The van der Waals surface area contributed by atoms with Crippen LogP contribution in [-0.2, 0) is 29.1 Å². The second-order valence-corrected chi connectivity index (χ2v) is 11.8. The SMILES string of the molecule is CC(C)(N)CC(=O)N[C@@H]1CCc2ccccc2N(Cc2ccc(-c3ccccc3CNC(=O)c3ccccc3)cc2)C1=O. The number of hydrogen-bond acceptors (Lipinski definition) is 4. The highest BCUT2D eigenvalue weighted by molar-refractivity contribution is 6.00. The van der Waals surface area contributed by atoms with Crippen LogP contribution < -0.4 is 21.3 Å². The van der Waals surface area contributed by atoms with Crippen LogP contribution in [0.2, 0.25) is 0 Å². The Morgan fingerprint density at radius 3 is 2.30 bits per heavy atom. The molecule has 4 aromatic rings. The monoisotopic (exact) mass is 574 g/mol. The Hall–Kier alpha value is -4.75. The maximum absolute atomic E-state index is 13.8. The molecule has 1 atom stereocenters. The molecule has 3 amide bonds. The molecule has 0 aromatic heterocycles. The number of aryl methyl sites for hydroxylation is 1. The van der Waals surface area contributed by atoms with Gasteiger partial charge in [-0.1, -0.05) is 84.9 Å². The van der Waals surface area contributed by atoms with Gasteiger partial charge < -0.3 is 21.3 Å². The van der Waals surface area contributed by atoms with E-state index in [1.54, 1.807) is 30.9 Å². The Kier molecular flexibility index (Phi) is 9.02. The molecule has 0 spiro atoms. The van der Waals surface area contributed by atoms with Crippen molar-refractivity contribution in [2.24, 2.45) is 5.73 Å². The van der Waals surface area contributed by atoms with Gasteiger partial charge in [-0.05, 0) is 72.7 Å². The molecule has 0 fully saturated rings. The van der Waals surface area contributed by atoms with E-state index >= 15 is 0 Å². The van der Waals surface area contributed by atoms with Crippen molar-refractivity contribution < 1.29 is 14.4 Å². The summed E-state index contributed by atoms with van der Waals surface area (Å²) in [7, 11) is 0. The molecule has 7 nitrogen and oxygen atoms in total. The first-order valence-corrected chi connectivity index (χ1v) is 14.7. The fourth-order valence-electron chi connectivity index (χ4n) is 5.47. The van der Waals surface area contributed by atoms with E-state index in [1.807, 2.05) is 91.0 Å². The number of fused-ring (bicyclic) bond motifs is 1. The van der Waals surface area contributed by atoms with Gasteiger partial charge in [0.15, 0.2) is 0 Å². The number of rotatable bonds is 9. The normalized spacial score (nSPS) is 14.9. The number of benzene rings is 4. The minimum atomic E-state index is -0.658. The molecular weight excluding hydrogens is 536 g/mol. The fraction of sp³-hybridized carbons (Fsp3) is 0.250. The minimum absolute atomic E-state index is 0.116. The van der Waals surface area contributed by atoms with E-state index in [9.17, 15) is 14.4 Å². The van der Waals surface area contributed by atoms with Crippen LogP contribution in [0.3, 0.4) is 0 Å². The molecular formula is C36H38N4O3. The third-order valence-electron chi connectivity index (χ3n) is 7.60. The molecule has 7 heteroatoms. The summed E-state index contributed by atoms with van der Waals surface area (Å²) < 4.78 is 0. The van der Waals surface area contributed by atoms with E-state index in [1.165, 1.54) is 0 Å². The first kappa shape index (κ1) is 29.7. The minimum Gasteiger partial charge on any atom is -0.348 e. The molecule has 5 rings (SSSR count).